The van der Waals surface area contributed by atoms with Gasteiger partial charge in [0.1, 0.15) is 6.04 Å². The van der Waals surface area contributed by atoms with Crippen LogP contribution in [0.5, 0.6) is 0 Å². The molecule has 4 N–H and O–H groups in total. The van der Waals surface area contributed by atoms with Crippen molar-refractivity contribution in [3.8, 4) is 0 Å². The van der Waals surface area contributed by atoms with Gasteiger partial charge in [0.15, 0.2) is 0 Å². The third kappa shape index (κ3) is 6.63. The fourth-order valence-corrected chi connectivity index (χ4v) is 5.88. The van der Waals surface area contributed by atoms with Crippen molar-refractivity contribution >= 4 is 51.1 Å². The van der Waals surface area contributed by atoms with Crippen LogP contribution >= 0.6 is 0 Å². The number of fused-ring (bicyclic) bond motifs is 4. The highest BCUT2D eigenvalue weighted by molar-refractivity contribution is 6.25. The molecule has 12 nitrogen and oxygen atoms in total. The number of aromatic nitrogens is 2. The lowest BCUT2D eigenvalue weighted by Crippen LogP contribution is -2.51. The molecule has 1 fully saturated rings. The molecule has 4 aromatic rings. The monoisotopic (exact) mass is 624 g/mol. The first-order valence-electron chi connectivity index (χ1n) is 15.4. The van der Waals surface area contributed by atoms with Crippen LogP contribution in [0.3, 0.4) is 0 Å². The van der Waals surface area contributed by atoms with E-state index in [2.05, 4.69) is 44.6 Å². The number of nitrogens with zero attached hydrogens (tertiary/aromatic N) is 2. The fraction of sp³-hybridized carbons (Fsp3) is 0.324. The molecule has 1 atom stereocenters. The molecule has 1 saturated heterocycles. The van der Waals surface area contributed by atoms with Crippen LogP contribution in [-0.4, -0.2) is 84.1 Å². The highest BCUT2D eigenvalue weighted by Crippen LogP contribution is 2.33. The number of rotatable bonds is 14. The van der Waals surface area contributed by atoms with Crippen molar-refractivity contribution in [2.75, 3.05) is 44.8 Å². The summed E-state index contributed by atoms with van der Waals surface area (Å²) < 4.78 is 11.2. The number of benzene rings is 2. The van der Waals surface area contributed by atoms with E-state index in [9.17, 15) is 19.2 Å². The van der Waals surface area contributed by atoms with Crippen molar-refractivity contribution in [3.05, 3.63) is 83.8 Å². The number of hydrogen-bond donors (Lipinski definition) is 4. The van der Waals surface area contributed by atoms with Crippen LogP contribution in [0.15, 0.2) is 67.1 Å². The van der Waals surface area contributed by atoms with Crippen LogP contribution in [0.4, 0.5) is 5.69 Å². The van der Waals surface area contributed by atoms with Gasteiger partial charge in [0.05, 0.1) is 37.6 Å². The van der Waals surface area contributed by atoms with E-state index in [1.165, 1.54) is 0 Å². The Labute approximate surface area is 265 Å². The smallest absolute Gasteiger partial charge is 0.264 e. The lowest BCUT2D eigenvalue weighted by Gasteiger charge is -2.29. The minimum Gasteiger partial charge on any atom is -0.382 e. The quantitative estimate of drug-likeness (QED) is 0.123. The van der Waals surface area contributed by atoms with Crippen molar-refractivity contribution in [2.24, 2.45) is 0 Å². The van der Waals surface area contributed by atoms with Gasteiger partial charge in [-0.15, -0.1) is 0 Å². The van der Waals surface area contributed by atoms with Gasteiger partial charge in [-0.25, -0.2) is 0 Å². The molecular formula is C34H36N6O6. The zero-order valence-corrected chi connectivity index (χ0v) is 25.4. The number of ether oxygens (including phenoxy) is 2. The average Bonchev–Trinajstić information content (AvgIpc) is 3.55. The molecule has 0 aliphatic carbocycles. The number of piperidine rings is 1. The topological polar surface area (TPSA) is 155 Å². The first kappa shape index (κ1) is 30.9. The summed E-state index contributed by atoms with van der Waals surface area (Å²) in [5.74, 6) is -1.38. The summed E-state index contributed by atoms with van der Waals surface area (Å²) in [4.78, 5) is 59.6. The van der Waals surface area contributed by atoms with Gasteiger partial charge < -0.3 is 30.4 Å². The minimum atomic E-state index is -0.854. The summed E-state index contributed by atoms with van der Waals surface area (Å²) >= 11 is 0. The molecule has 6 rings (SSSR count). The molecule has 4 amide bonds. The van der Waals surface area contributed by atoms with Crippen LogP contribution in [0.2, 0.25) is 0 Å². The van der Waals surface area contributed by atoms with Crippen LogP contribution in [0.25, 0.3) is 21.8 Å². The van der Waals surface area contributed by atoms with Crippen LogP contribution in [0, 0.1) is 0 Å². The van der Waals surface area contributed by atoms with E-state index < -0.39 is 23.8 Å². The van der Waals surface area contributed by atoms with E-state index in [-0.39, 0.29) is 17.0 Å². The highest BCUT2D eigenvalue weighted by atomic mass is 16.5. The first-order valence-corrected chi connectivity index (χ1v) is 15.4. The zero-order valence-electron chi connectivity index (χ0n) is 25.4. The molecule has 2 aliphatic heterocycles. The SMILES string of the molecule is C=C1CCC(N2C(=O)c3cccc(NCCOCCOCCNC(=O)CCc4ccc5c(c4)[nH]c4ccncc45)c3C2=O)C(=O)N1. The predicted octanol–water partition coefficient (Wildman–Crippen LogP) is 3.30. The van der Waals surface area contributed by atoms with E-state index in [4.69, 9.17) is 9.47 Å². The molecule has 2 aliphatic rings. The Morgan fingerprint density at radius 2 is 1.80 bits per heavy atom. The molecular weight excluding hydrogens is 588 g/mol. The van der Waals surface area contributed by atoms with Gasteiger partial charge >= 0.3 is 0 Å². The molecule has 4 heterocycles. The summed E-state index contributed by atoms with van der Waals surface area (Å²) in [5.41, 5.74) is 4.81. The minimum absolute atomic E-state index is 0.0320. The molecule has 2 aromatic heterocycles. The number of carbonyl (C=O) groups is 4. The van der Waals surface area contributed by atoms with E-state index in [0.29, 0.717) is 76.6 Å². The summed E-state index contributed by atoms with van der Waals surface area (Å²) in [6.07, 6.45) is 5.50. The maximum absolute atomic E-state index is 13.2. The Bertz CT molecular complexity index is 1820. The largest absolute Gasteiger partial charge is 0.382 e. The molecule has 0 bridgehead atoms. The maximum Gasteiger partial charge on any atom is 0.264 e. The number of aromatic amines is 1. The van der Waals surface area contributed by atoms with Crippen molar-refractivity contribution in [1.29, 1.82) is 0 Å². The van der Waals surface area contributed by atoms with Crippen molar-refractivity contribution in [1.82, 2.24) is 25.5 Å². The third-order valence-corrected chi connectivity index (χ3v) is 8.19. The third-order valence-electron chi connectivity index (χ3n) is 8.19. The molecule has 0 radical (unpaired) electrons. The zero-order chi connectivity index (χ0) is 32.0. The Hall–Kier alpha value is -5.07. The van der Waals surface area contributed by atoms with Crippen molar-refractivity contribution in [2.45, 2.75) is 31.7 Å². The van der Waals surface area contributed by atoms with Crippen molar-refractivity contribution in [3.63, 3.8) is 0 Å². The number of carbonyl (C=O) groups excluding carboxylic acids is 4. The van der Waals surface area contributed by atoms with E-state index in [1.54, 1.807) is 24.4 Å². The number of allylic oxidation sites excluding steroid dienone is 1. The number of pyridine rings is 1. The Kier molecular flexibility index (Phi) is 9.36. The number of hydrogen-bond acceptors (Lipinski definition) is 8. The second-order valence-corrected chi connectivity index (χ2v) is 11.3. The molecule has 46 heavy (non-hydrogen) atoms. The average molecular weight is 625 g/mol. The van der Waals surface area contributed by atoms with Gasteiger partial charge in [-0.1, -0.05) is 24.8 Å². The predicted molar refractivity (Wildman–Crippen MR) is 172 cm³/mol. The number of amides is 4. The highest BCUT2D eigenvalue weighted by Gasteiger charge is 2.45. The summed E-state index contributed by atoms with van der Waals surface area (Å²) in [7, 11) is 0. The first-order chi connectivity index (χ1) is 22.4. The Balaban J connectivity index is 0.847. The van der Waals surface area contributed by atoms with E-state index in [0.717, 1.165) is 32.3 Å². The molecule has 12 heteroatoms. The second kappa shape index (κ2) is 13.9. The number of H-pyrrole nitrogens is 1. The van der Waals surface area contributed by atoms with Gasteiger partial charge in [0, 0.05) is 65.1 Å². The van der Waals surface area contributed by atoms with Crippen molar-refractivity contribution < 1.29 is 28.7 Å². The summed E-state index contributed by atoms with van der Waals surface area (Å²) in [5, 5.41) is 10.9. The van der Waals surface area contributed by atoms with Crippen LogP contribution in [0.1, 0.15) is 45.5 Å². The standard InChI is InChI=1S/C34H36N6O6/c1-21-5-9-29(32(42)38-21)40-33(43)24-3-2-4-27(31(24)34(40)44)36-13-15-45-17-18-46-16-14-37-30(41)10-7-22-6-8-23-25-20-35-12-11-26(25)39-28(23)19-22/h2-4,6,8,11-12,19-20,29,36,39H,1,5,7,9-10,13-18H2,(H,37,41)(H,38,42). The molecule has 0 saturated carbocycles. The second-order valence-electron chi connectivity index (χ2n) is 11.3. The number of imide groups is 1. The van der Waals surface area contributed by atoms with E-state index >= 15 is 0 Å². The van der Waals surface area contributed by atoms with Gasteiger partial charge in [0.25, 0.3) is 11.8 Å². The van der Waals surface area contributed by atoms with Crippen LogP contribution < -0.4 is 16.0 Å². The number of aryl methyl sites for hydroxylation is 1. The number of anilines is 1. The lowest BCUT2D eigenvalue weighted by molar-refractivity contribution is -0.125. The summed E-state index contributed by atoms with van der Waals surface area (Å²) in [6, 6.07) is 12.3. The lowest BCUT2D eigenvalue weighted by atomic mass is 10.0. The molecule has 1 unspecified atom stereocenters. The normalized spacial score (nSPS) is 16.3. The molecule has 238 valence electrons. The van der Waals surface area contributed by atoms with Gasteiger partial charge in [-0.2, -0.15) is 0 Å². The van der Waals surface area contributed by atoms with Gasteiger partial charge in [-0.05, 0) is 49.1 Å². The maximum atomic E-state index is 13.2. The van der Waals surface area contributed by atoms with Crippen LogP contribution in [-0.2, 0) is 25.5 Å². The molecule has 0 spiro atoms. The Morgan fingerprint density at radius 1 is 0.978 bits per heavy atom. The molecule has 2 aromatic carbocycles. The summed E-state index contributed by atoms with van der Waals surface area (Å²) in [6.45, 7) is 6.03. The fourth-order valence-electron chi connectivity index (χ4n) is 5.88. The number of nitrogens with one attached hydrogen (secondary N) is 4. The Morgan fingerprint density at radius 3 is 2.63 bits per heavy atom. The van der Waals surface area contributed by atoms with Gasteiger partial charge in [0.2, 0.25) is 11.8 Å². The van der Waals surface area contributed by atoms with Gasteiger partial charge in [-0.3, -0.25) is 29.1 Å². The van der Waals surface area contributed by atoms with E-state index in [1.807, 2.05) is 18.3 Å².